The number of anilines is 1. The molecule has 0 aliphatic rings. The summed E-state index contributed by atoms with van der Waals surface area (Å²) in [5.74, 6) is -0.692. The summed E-state index contributed by atoms with van der Waals surface area (Å²) < 4.78 is 5.05. The van der Waals surface area contributed by atoms with Gasteiger partial charge in [-0.15, -0.1) is 11.3 Å². The molecule has 0 aliphatic heterocycles. The molecule has 122 valence electrons. The first kappa shape index (κ1) is 17.2. The predicted octanol–water partition coefficient (Wildman–Crippen LogP) is 3.60. The molecule has 1 amide bonds. The maximum absolute atomic E-state index is 12.1. The number of esters is 1. The number of amides is 1. The molecule has 2 rings (SSSR count). The lowest BCUT2D eigenvalue weighted by Gasteiger charge is -2.14. The molecular formula is C18H21NO3S. The Morgan fingerprint density at radius 3 is 2.35 bits per heavy atom. The van der Waals surface area contributed by atoms with E-state index < -0.39 is 0 Å². The van der Waals surface area contributed by atoms with Gasteiger partial charge in [-0.1, -0.05) is 38.1 Å². The van der Waals surface area contributed by atoms with Crippen molar-refractivity contribution in [3.8, 4) is 0 Å². The number of thiophene rings is 1. The molecule has 2 aromatic rings. The van der Waals surface area contributed by atoms with Crippen LogP contribution < -0.4 is 5.32 Å². The van der Waals surface area contributed by atoms with Gasteiger partial charge < -0.3 is 10.1 Å². The minimum Gasteiger partial charge on any atom is -0.455 e. The van der Waals surface area contributed by atoms with Crippen molar-refractivity contribution in [1.29, 1.82) is 0 Å². The molecule has 0 radical (unpaired) electrons. The van der Waals surface area contributed by atoms with E-state index >= 15 is 0 Å². The van der Waals surface area contributed by atoms with Gasteiger partial charge >= 0.3 is 5.97 Å². The van der Waals surface area contributed by atoms with Crippen molar-refractivity contribution < 1.29 is 14.3 Å². The van der Waals surface area contributed by atoms with E-state index in [1.165, 1.54) is 11.3 Å². The summed E-state index contributed by atoms with van der Waals surface area (Å²) in [7, 11) is 0. The molecule has 0 saturated carbocycles. The number of carbonyl (C=O) groups is 2. The van der Waals surface area contributed by atoms with Gasteiger partial charge in [-0.05, 0) is 35.4 Å². The zero-order valence-electron chi connectivity index (χ0n) is 13.4. The van der Waals surface area contributed by atoms with Crippen molar-refractivity contribution in [3.05, 3.63) is 51.7 Å². The number of ether oxygens (including phenoxy) is 1. The van der Waals surface area contributed by atoms with Crippen LogP contribution in [0.1, 0.15) is 29.9 Å². The van der Waals surface area contributed by atoms with Gasteiger partial charge in [0.15, 0.2) is 6.61 Å². The molecule has 5 heteroatoms. The van der Waals surface area contributed by atoms with Crippen molar-refractivity contribution in [2.24, 2.45) is 0 Å². The van der Waals surface area contributed by atoms with E-state index in [9.17, 15) is 9.59 Å². The van der Waals surface area contributed by atoms with E-state index in [2.05, 4.69) is 5.32 Å². The van der Waals surface area contributed by atoms with E-state index in [-0.39, 0.29) is 24.9 Å². The average Bonchev–Trinajstić information content (AvgIpc) is 3.06. The number of rotatable bonds is 7. The van der Waals surface area contributed by atoms with E-state index in [0.29, 0.717) is 0 Å². The summed E-state index contributed by atoms with van der Waals surface area (Å²) in [6, 6.07) is 9.74. The first-order valence-corrected chi connectivity index (χ1v) is 8.60. The molecule has 1 heterocycles. The van der Waals surface area contributed by atoms with Gasteiger partial charge in [0, 0.05) is 10.6 Å². The molecule has 0 fully saturated rings. The molecule has 0 saturated heterocycles. The highest BCUT2D eigenvalue weighted by molar-refractivity contribution is 7.10. The fourth-order valence-corrected chi connectivity index (χ4v) is 3.02. The molecule has 1 aromatic carbocycles. The second kappa shape index (κ2) is 8.48. The Kier molecular flexibility index (Phi) is 6.35. The standard InChI is InChI=1S/C18H21NO3S/c1-3-13-7-5-8-14(4-2)18(13)19-16(20)12-22-17(21)11-15-9-6-10-23-15/h5-10H,3-4,11-12H2,1-2H3,(H,19,20). The lowest BCUT2D eigenvalue weighted by molar-refractivity contribution is -0.146. The summed E-state index contributed by atoms with van der Waals surface area (Å²) in [4.78, 5) is 24.7. The number of hydrogen-bond acceptors (Lipinski definition) is 4. The summed E-state index contributed by atoms with van der Waals surface area (Å²) in [5.41, 5.74) is 3.02. The monoisotopic (exact) mass is 331 g/mol. The second-order valence-corrected chi connectivity index (χ2v) is 6.16. The van der Waals surface area contributed by atoms with Gasteiger partial charge in [-0.25, -0.2) is 0 Å². The molecule has 0 atom stereocenters. The first-order valence-electron chi connectivity index (χ1n) is 7.72. The number of aryl methyl sites for hydroxylation is 2. The summed E-state index contributed by atoms with van der Waals surface area (Å²) in [6.45, 7) is 3.84. The van der Waals surface area contributed by atoms with Crippen LogP contribution in [0.4, 0.5) is 5.69 Å². The molecule has 1 aromatic heterocycles. The number of benzene rings is 1. The van der Waals surface area contributed by atoms with Crippen LogP contribution in [0.15, 0.2) is 35.7 Å². The van der Waals surface area contributed by atoms with Gasteiger partial charge in [0.2, 0.25) is 0 Å². The Morgan fingerprint density at radius 2 is 1.78 bits per heavy atom. The number of hydrogen-bond donors (Lipinski definition) is 1. The van der Waals surface area contributed by atoms with E-state index in [1.807, 2.05) is 49.6 Å². The van der Waals surface area contributed by atoms with Crippen molar-refractivity contribution in [2.75, 3.05) is 11.9 Å². The van der Waals surface area contributed by atoms with Crippen molar-refractivity contribution >= 4 is 28.9 Å². The van der Waals surface area contributed by atoms with Crippen LogP contribution in [0.2, 0.25) is 0 Å². The minimum atomic E-state index is -0.387. The summed E-state index contributed by atoms with van der Waals surface area (Å²) >= 11 is 1.50. The molecular weight excluding hydrogens is 310 g/mol. The highest BCUT2D eigenvalue weighted by Crippen LogP contribution is 2.22. The predicted molar refractivity (Wildman–Crippen MR) is 92.8 cm³/mol. The van der Waals surface area contributed by atoms with Gasteiger partial charge in [0.1, 0.15) is 0 Å². The third kappa shape index (κ3) is 4.93. The topological polar surface area (TPSA) is 55.4 Å². The SMILES string of the molecule is CCc1cccc(CC)c1NC(=O)COC(=O)Cc1cccs1. The lowest BCUT2D eigenvalue weighted by Crippen LogP contribution is -2.22. The Labute approximate surface area is 140 Å². The van der Waals surface area contributed by atoms with Gasteiger partial charge in [0.05, 0.1) is 6.42 Å². The molecule has 4 nitrogen and oxygen atoms in total. The Morgan fingerprint density at radius 1 is 1.09 bits per heavy atom. The number of nitrogens with one attached hydrogen (secondary N) is 1. The number of para-hydroxylation sites is 1. The average molecular weight is 331 g/mol. The van der Waals surface area contributed by atoms with Crippen molar-refractivity contribution in [3.63, 3.8) is 0 Å². The zero-order chi connectivity index (χ0) is 16.7. The third-order valence-electron chi connectivity index (χ3n) is 3.53. The fraction of sp³-hybridized carbons (Fsp3) is 0.333. The molecule has 0 unspecified atom stereocenters. The van der Waals surface area contributed by atoms with Crippen LogP contribution in [0.3, 0.4) is 0 Å². The maximum atomic E-state index is 12.1. The number of carbonyl (C=O) groups excluding carboxylic acids is 2. The van der Waals surface area contributed by atoms with Gasteiger partial charge in [-0.3, -0.25) is 9.59 Å². The van der Waals surface area contributed by atoms with Crippen molar-refractivity contribution in [1.82, 2.24) is 0 Å². The molecule has 0 spiro atoms. The first-order chi connectivity index (χ1) is 11.1. The smallest absolute Gasteiger partial charge is 0.311 e. The molecule has 1 N–H and O–H groups in total. The van der Waals surface area contributed by atoms with Crippen LogP contribution in [0.25, 0.3) is 0 Å². The maximum Gasteiger partial charge on any atom is 0.311 e. The van der Waals surface area contributed by atoms with Crippen LogP contribution in [-0.2, 0) is 33.6 Å². The largest absolute Gasteiger partial charge is 0.455 e. The van der Waals surface area contributed by atoms with Crippen molar-refractivity contribution in [2.45, 2.75) is 33.1 Å². The Hall–Kier alpha value is -2.14. The molecule has 0 bridgehead atoms. The van der Waals surface area contributed by atoms with E-state index in [1.54, 1.807) is 0 Å². The van der Waals surface area contributed by atoms with Crippen LogP contribution in [0.5, 0.6) is 0 Å². The minimum absolute atomic E-state index is 0.205. The highest BCUT2D eigenvalue weighted by atomic mass is 32.1. The summed E-state index contributed by atoms with van der Waals surface area (Å²) in [5, 5.41) is 4.79. The summed E-state index contributed by atoms with van der Waals surface area (Å²) in [6.07, 6.45) is 1.87. The highest BCUT2D eigenvalue weighted by Gasteiger charge is 2.12. The fourth-order valence-electron chi connectivity index (χ4n) is 2.33. The second-order valence-electron chi connectivity index (χ2n) is 5.12. The quantitative estimate of drug-likeness (QED) is 0.789. The third-order valence-corrected chi connectivity index (χ3v) is 4.40. The van der Waals surface area contributed by atoms with Crippen LogP contribution in [-0.4, -0.2) is 18.5 Å². The van der Waals surface area contributed by atoms with Gasteiger partial charge in [-0.2, -0.15) is 0 Å². The Bertz CT molecular complexity index is 643. The van der Waals surface area contributed by atoms with Crippen LogP contribution >= 0.6 is 11.3 Å². The van der Waals surface area contributed by atoms with E-state index in [0.717, 1.165) is 34.5 Å². The Balaban J connectivity index is 1.91. The molecule has 23 heavy (non-hydrogen) atoms. The van der Waals surface area contributed by atoms with E-state index in [4.69, 9.17) is 4.74 Å². The van der Waals surface area contributed by atoms with Crippen LogP contribution in [0, 0.1) is 0 Å². The zero-order valence-corrected chi connectivity index (χ0v) is 14.2. The molecule has 0 aliphatic carbocycles. The lowest BCUT2D eigenvalue weighted by atomic mass is 10.0. The van der Waals surface area contributed by atoms with Gasteiger partial charge in [0.25, 0.3) is 5.91 Å². The normalized spacial score (nSPS) is 10.3.